The number of thiophene rings is 1. The van der Waals surface area contributed by atoms with E-state index >= 15 is 0 Å². The Labute approximate surface area is 93.0 Å². The second-order valence-electron chi connectivity index (χ2n) is 3.73. The van der Waals surface area contributed by atoms with E-state index in [-0.39, 0.29) is 0 Å². The number of hydrogen-bond acceptors (Lipinski definition) is 3. The summed E-state index contributed by atoms with van der Waals surface area (Å²) < 4.78 is 0. The predicted octanol–water partition coefficient (Wildman–Crippen LogP) is 3.17. The molecule has 0 spiro atoms. The molecule has 76 valence electrons. The zero-order chi connectivity index (χ0) is 10.1. The van der Waals surface area contributed by atoms with Gasteiger partial charge in [-0.1, -0.05) is 6.07 Å². The lowest BCUT2D eigenvalue weighted by Gasteiger charge is -2.19. The number of nitrogens with one attached hydrogen (secondary N) is 1. The van der Waals surface area contributed by atoms with Gasteiger partial charge in [-0.3, -0.25) is 4.98 Å². The molecule has 0 atom stereocenters. The van der Waals surface area contributed by atoms with Gasteiger partial charge in [0.15, 0.2) is 0 Å². The topological polar surface area (TPSA) is 24.9 Å². The largest absolute Gasteiger partial charge is 0.384 e. The highest BCUT2D eigenvalue weighted by Gasteiger charge is 2.14. The van der Waals surface area contributed by atoms with Crippen LogP contribution in [0.2, 0.25) is 0 Å². The van der Waals surface area contributed by atoms with Crippen LogP contribution >= 0.6 is 11.3 Å². The number of aromatic nitrogens is 1. The van der Waals surface area contributed by atoms with Crippen molar-refractivity contribution in [2.45, 2.75) is 12.8 Å². The molecular weight excluding hydrogens is 204 g/mol. The molecule has 0 saturated heterocycles. The second-order valence-corrected chi connectivity index (χ2v) is 4.68. The van der Waals surface area contributed by atoms with Crippen LogP contribution in [-0.4, -0.2) is 11.5 Å². The van der Waals surface area contributed by atoms with Crippen molar-refractivity contribution in [2.75, 3.05) is 11.9 Å². The van der Waals surface area contributed by atoms with Crippen LogP contribution in [-0.2, 0) is 6.42 Å². The van der Waals surface area contributed by atoms with Gasteiger partial charge in [-0.2, -0.15) is 0 Å². The van der Waals surface area contributed by atoms with Gasteiger partial charge in [0.2, 0.25) is 0 Å². The normalized spacial score (nSPS) is 14.4. The van der Waals surface area contributed by atoms with E-state index in [0.717, 1.165) is 13.0 Å². The smallest absolute Gasteiger partial charge is 0.0491 e. The third kappa shape index (κ3) is 1.53. The summed E-state index contributed by atoms with van der Waals surface area (Å²) in [7, 11) is 0. The van der Waals surface area contributed by atoms with E-state index in [2.05, 4.69) is 27.8 Å². The monoisotopic (exact) mass is 216 g/mol. The van der Waals surface area contributed by atoms with Crippen LogP contribution in [0.4, 0.5) is 5.69 Å². The zero-order valence-electron chi connectivity index (χ0n) is 8.36. The van der Waals surface area contributed by atoms with Crippen molar-refractivity contribution in [3.8, 4) is 10.4 Å². The summed E-state index contributed by atoms with van der Waals surface area (Å²) in [6.45, 7) is 1.08. The number of rotatable bonds is 1. The molecule has 1 aliphatic rings. The summed E-state index contributed by atoms with van der Waals surface area (Å²) in [4.78, 5) is 5.62. The number of fused-ring (bicyclic) bond motifs is 1. The standard InChI is InChI=1S/C12H12N2S/c1-3-9-7-13-8-10(12(9)14-5-1)11-4-2-6-15-11/h2,4,6-8,14H,1,3,5H2. The quantitative estimate of drug-likeness (QED) is 0.792. The minimum atomic E-state index is 1.08. The molecule has 2 aromatic heterocycles. The van der Waals surface area contributed by atoms with E-state index in [1.54, 1.807) is 11.3 Å². The average molecular weight is 216 g/mol. The highest BCUT2D eigenvalue weighted by molar-refractivity contribution is 7.13. The molecule has 0 unspecified atom stereocenters. The third-order valence-electron chi connectivity index (χ3n) is 2.74. The molecule has 2 nitrogen and oxygen atoms in total. The molecule has 15 heavy (non-hydrogen) atoms. The van der Waals surface area contributed by atoms with E-state index < -0.39 is 0 Å². The molecule has 0 fully saturated rings. The Kier molecular flexibility index (Phi) is 2.18. The summed E-state index contributed by atoms with van der Waals surface area (Å²) in [5, 5.41) is 5.59. The Morgan fingerprint density at radius 3 is 3.20 bits per heavy atom. The first-order valence-corrected chi connectivity index (χ1v) is 6.08. The number of anilines is 1. The van der Waals surface area contributed by atoms with Gasteiger partial charge in [-0.25, -0.2) is 0 Å². The summed E-state index contributed by atoms with van der Waals surface area (Å²) in [5.41, 5.74) is 3.90. The van der Waals surface area contributed by atoms with Gasteiger partial charge in [0.1, 0.15) is 0 Å². The Hall–Kier alpha value is -1.35. The maximum Gasteiger partial charge on any atom is 0.0491 e. The molecule has 0 bridgehead atoms. The zero-order valence-corrected chi connectivity index (χ0v) is 9.18. The van der Waals surface area contributed by atoms with Crippen molar-refractivity contribution in [1.82, 2.24) is 4.98 Å². The van der Waals surface area contributed by atoms with Crippen LogP contribution < -0.4 is 5.32 Å². The lowest BCUT2D eigenvalue weighted by molar-refractivity contribution is 0.825. The summed E-state index contributed by atoms with van der Waals surface area (Å²) in [6.07, 6.45) is 6.30. The van der Waals surface area contributed by atoms with E-state index in [1.807, 2.05) is 12.4 Å². The van der Waals surface area contributed by atoms with Gasteiger partial charge in [-0.05, 0) is 29.9 Å². The number of hydrogen-bond donors (Lipinski definition) is 1. The summed E-state index contributed by atoms with van der Waals surface area (Å²) >= 11 is 1.77. The fraction of sp³-hybridized carbons (Fsp3) is 0.250. The van der Waals surface area contributed by atoms with Crippen LogP contribution in [0.15, 0.2) is 29.9 Å². The first-order chi connectivity index (χ1) is 7.45. The van der Waals surface area contributed by atoms with Gasteiger partial charge in [-0.15, -0.1) is 11.3 Å². The van der Waals surface area contributed by atoms with E-state index in [1.165, 1.54) is 28.1 Å². The molecule has 0 aliphatic carbocycles. The van der Waals surface area contributed by atoms with E-state index in [0.29, 0.717) is 0 Å². The molecule has 2 aromatic rings. The SMILES string of the molecule is c1csc(-c2cncc3c2NCCC3)c1. The van der Waals surface area contributed by atoms with Gasteiger partial charge >= 0.3 is 0 Å². The molecule has 0 amide bonds. The van der Waals surface area contributed by atoms with Crippen molar-refractivity contribution in [1.29, 1.82) is 0 Å². The number of pyridine rings is 1. The Balaban J connectivity index is 2.15. The fourth-order valence-electron chi connectivity index (χ4n) is 2.01. The van der Waals surface area contributed by atoms with Crippen LogP contribution in [0.5, 0.6) is 0 Å². The lowest BCUT2D eigenvalue weighted by atomic mass is 10.0. The fourth-order valence-corrected chi connectivity index (χ4v) is 2.76. The highest BCUT2D eigenvalue weighted by atomic mass is 32.1. The van der Waals surface area contributed by atoms with E-state index in [4.69, 9.17) is 0 Å². The molecule has 0 saturated carbocycles. The molecule has 3 heterocycles. The molecule has 0 aromatic carbocycles. The molecule has 3 heteroatoms. The lowest BCUT2D eigenvalue weighted by Crippen LogP contribution is -2.12. The minimum Gasteiger partial charge on any atom is -0.384 e. The van der Waals surface area contributed by atoms with Crippen LogP contribution in [0.1, 0.15) is 12.0 Å². The van der Waals surface area contributed by atoms with Crippen molar-refractivity contribution in [3.63, 3.8) is 0 Å². The summed E-state index contributed by atoms with van der Waals surface area (Å²) in [6, 6.07) is 4.24. The minimum absolute atomic E-state index is 1.08. The first-order valence-electron chi connectivity index (χ1n) is 5.20. The third-order valence-corrected chi connectivity index (χ3v) is 3.64. The molecule has 0 radical (unpaired) electrons. The van der Waals surface area contributed by atoms with Crippen molar-refractivity contribution >= 4 is 17.0 Å². The Bertz CT molecular complexity index is 462. The Morgan fingerprint density at radius 2 is 2.33 bits per heavy atom. The molecule has 3 rings (SSSR count). The predicted molar refractivity (Wildman–Crippen MR) is 64.4 cm³/mol. The number of aryl methyl sites for hydroxylation is 1. The Morgan fingerprint density at radius 1 is 1.33 bits per heavy atom. The summed E-state index contributed by atoms with van der Waals surface area (Å²) in [5.74, 6) is 0. The van der Waals surface area contributed by atoms with Crippen molar-refractivity contribution in [3.05, 3.63) is 35.5 Å². The number of nitrogens with zero attached hydrogens (tertiary/aromatic N) is 1. The maximum absolute atomic E-state index is 4.32. The van der Waals surface area contributed by atoms with Crippen molar-refractivity contribution < 1.29 is 0 Å². The van der Waals surface area contributed by atoms with Gasteiger partial charge in [0, 0.05) is 35.1 Å². The van der Waals surface area contributed by atoms with Gasteiger partial charge in [0.25, 0.3) is 0 Å². The highest BCUT2D eigenvalue weighted by Crippen LogP contribution is 2.35. The van der Waals surface area contributed by atoms with Gasteiger partial charge in [0.05, 0.1) is 0 Å². The average Bonchev–Trinajstić information content (AvgIpc) is 2.82. The maximum atomic E-state index is 4.32. The molecule has 1 aliphatic heterocycles. The van der Waals surface area contributed by atoms with Crippen LogP contribution in [0, 0.1) is 0 Å². The van der Waals surface area contributed by atoms with Crippen LogP contribution in [0.3, 0.4) is 0 Å². The molecular formula is C12H12N2S. The van der Waals surface area contributed by atoms with Gasteiger partial charge < -0.3 is 5.32 Å². The van der Waals surface area contributed by atoms with E-state index in [9.17, 15) is 0 Å². The van der Waals surface area contributed by atoms with Crippen LogP contribution in [0.25, 0.3) is 10.4 Å². The first kappa shape index (κ1) is 8.92. The second kappa shape index (κ2) is 3.66. The van der Waals surface area contributed by atoms with Crippen molar-refractivity contribution in [2.24, 2.45) is 0 Å². The molecule has 1 N–H and O–H groups in total.